The fraction of sp³-hybridized carbons (Fsp3) is 0.765. The second kappa shape index (κ2) is 29.4. The Morgan fingerprint density at radius 2 is 1.49 bits per heavy atom. The number of nitrogens with zero attached hydrogens (tertiary/aromatic N) is 4. The number of aliphatic hydroxyl groups excluding tert-OH is 2. The maximum Gasteiger partial charge on any atom is 0.481 e. The number of rotatable bonds is 30. The number of aromatic nitrogens is 4. The molecule has 0 radical (unpaired) electrons. The number of hydrogen-bond donors (Lipinski definition) is 12. The zero-order chi connectivity index (χ0) is 46.1. The van der Waals surface area contributed by atoms with Crippen LogP contribution in [-0.4, -0.2) is 123 Å². The van der Waals surface area contributed by atoms with E-state index in [2.05, 4.69) is 41.3 Å². The molecule has 2 aromatic rings. The largest absolute Gasteiger partial charge is 0.481 e. The lowest BCUT2D eigenvalue weighted by atomic mass is 9.87. The molecule has 3 heterocycles. The van der Waals surface area contributed by atoms with E-state index in [0.717, 1.165) is 48.2 Å². The van der Waals surface area contributed by atoms with Crippen LogP contribution >= 0.6 is 35.2 Å². The molecule has 1 saturated heterocycles. The van der Waals surface area contributed by atoms with Crippen molar-refractivity contribution in [3.8, 4) is 0 Å². The molecule has 1 fully saturated rings. The Morgan fingerprint density at radius 3 is 2.11 bits per heavy atom. The number of nitrogens with one attached hydrogen (secondary N) is 2. The summed E-state index contributed by atoms with van der Waals surface area (Å²) in [4.78, 5) is 88.1. The van der Waals surface area contributed by atoms with Crippen LogP contribution < -0.4 is 34.8 Å². The van der Waals surface area contributed by atoms with Gasteiger partial charge in [0, 0.05) is 37.1 Å². The number of hydrogen-bond acceptors (Lipinski definition) is 21. The molecule has 0 spiro atoms. The molecule has 31 heteroatoms. The van der Waals surface area contributed by atoms with Crippen LogP contribution in [0, 0.1) is 5.41 Å². The number of ether oxygens (including phenoxy) is 1. The third-order valence-electron chi connectivity index (χ3n) is 9.50. The Labute approximate surface area is 381 Å². The Kier molecular flexibility index (Phi) is 28.2. The number of phosphoric ester groups is 3. The number of imidazole rings is 1. The lowest BCUT2D eigenvalue weighted by Crippen LogP contribution is -2.46. The highest BCUT2D eigenvalue weighted by Gasteiger charge is 2.50. The standard InChI is InChI=1S/C34H60N7O17P3S.3H3N/c1-4-5-6-7-8-9-10-11-12-13-14-25(43)62-18-17-36-24(42)15-16-37-32(46)29(45)34(2,3)20-55-61(52,53)58-60(50,51)54-19-23-28(57-59(47,48)49)27(44)33(56-23)41-22-40-26-30(35)38-21-39-31(26)41;;;/h21-23,27-29,33,44-45H,4-20H2,1-3H3,(H,36,42)(H,37,46)(H,50,51)(H,52,53)(H2,35,38,39)(H2,47,48,49);3*1H3/t23-,27+,28?,29+,33-;;;/m1.../s1. The molecule has 378 valence electrons. The first-order valence-corrected chi connectivity index (χ1v) is 25.6. The van der Waals surface area contributed by atoms with E-state index >= 15 is 0 Å². The number of unbranched alkanes of at least 4 members (excludes halogenated alkanes) is 9. The van der Waals surface area contributed by atoms with Gasteiger partial charge in [-0.25, -0.2) is 28.6 Å². The Morgan fingerprint density at radius 1 is 0.892 bits per heavy atom. The van der Waals surface area contributed by atoms with Gasteiger partial charge >= 0.3 is 23.5 Å². The van der Waals surface area contributed by atoms with Crippen LogP contribution in [-0.2, 0) is 50.7 Å². The van der Waals surface area contributed by atoms with Crippen molar-refractivity contribution in [2.24, 2.45) is 5.41 Å². The third kappa shape index (κ3) is 22.0. The van der Waals surface area contributed by atoms with Crippen molar-refractivity contribution < 1.29 is 80.5 Å². The second-order valence-electron chi connectivity index (χ2n) is 15.2. The van der Waals surface area contributed by atoms with Gasteiger partial charge in [0.1, 0.15) is 36.3 Å². The van der Waals surface area contributed by atoms with E-state index < -0.39 is 84.6 Å². The minimum atomic E-state index is -5.57. The van der Waals surface area contributed by atoms with Gasteiger partial charge in [0.15, 0.2) is 22.8 Å². The lowest BCUT2D eigenvalue weighted by Gasteiger charge is -2.30. The molecule has 0 bridgehead atoms. The van der Waals surface area contributed by atoms with Crippen LogP contribution in [0.2, 0.25) is 0 Å². The molecule has 3 rings (SSSR count). The summed E-state index contributed by atoms with van der Waals surface area (Å²) in [5, 5.41) is 26.6. The second-order valence-corrected chi connectivity index (χ2v) is 20.6. The van der Waals surface area contributed by atoms with Crippen molar-refractivity contribution >= 4 is 69.1 Å². The number of phosphoric acid groups is 3. The number of carbonyl (C=O) groups is 3. The van der Waals surface area contributed by atoms with E-state index in [0.29, 0.717) is 12.2 Å². The highest BCUT2D eigenvalue weighted by atomic mass is 32.2. The van der Waals surface area contributed by atoms with Crippen LogP contribution in [0.5, 0.6) is 0 Å². The van der Waals surface area contributed by atoms with E-state index in [-0.39, 0.29) is 60.1 Å². The first-order valence-electron chi connectivity index (χ1n) is 20.1. The number of thioether (sulfide) groups is 1. The van der Waals surface area contributed by atoms with Gasteiger partial charge in [0.25, 0.3) is 0 Å². The first-order chi connectivity index (χ1) is 29.1. The topological polar surface area (TPSA) is 469 Å². The zero-order valence-electron chi connectivity index (χ0n) is 37.0. The summed E-state index contributed by atoms with van der Waals surface area (Å²) in [7, 11) is -16.4. The molecular weight excluding hydrogens is 945 g/mol. The van der Waals surface area contributed by atoms with E-state index in [1.165, 1.54) is 58.8 Å². The summed E-state index contributed by atoms with van der Waals surface area (Å²) in [5.74, 6) is -1.02. The van der Waals surface area contributed by atoms with Gasteiger partial charge in [0.2, 0.25) is 11.8 Å². The minimum absolute atomic E-state index is 0. The maximum absolute atomic E-state index is 12.7. The molecule has 1 aliphatic heterocycles. The molecule has 0 saturated carbocycles. The molecule has 2 aromatic heterocycles. The summed E-state index contributed by atoms with van der Waals surface area (Å²) in [6, 6.07) is 0. The third-order valence-corrected chi connectivity index (χ3v) is 13.5. The Bertz CT molecular complexity index is 1920. The number of aliphatic hydroxyl groups is 2. The van der Waals surface area contributed by atoms with E-state index in [9.17, 15) is 57.9 Å². The Hall–Kier alpha value is -2.56. The molecule has 2 amide bonds. The molecule has 0 aromatic carbocycles. The molecule has 7 atom stereocenters. The van der Waals surface area contributed by atoms with Gasteiger partial charge in [-0.1, -0.05) is 90.3 Å². The van der Waals surface area contributed by atoms with Gasteiger partial charge in [-0.2, -0.15) is 4.31 Å². The maximum atomic E-state index is 12.7. The average molecular weight is 1010 g/mol. The first kappa shape index (κ1) is 62.4. The summed E-state index contributed by atoms with van der Waals surface area (Å²) < 4.78 is 62.3. The quantitative estimate of drug-likeness (QED) is 0.0394. The van der Waals surface area contributed by atoms with Crippen LogP contribution in [0.15, 0.2) is 12.7 Å². The number of carbonyl (C=O) groups excluding carboxylic acids is 3. The summed E-state index contributed by atoms with van der Waals surface area (Å²) in [6.45, 7) is 2.78. The van der Waals surface area contributed by atoms with Crippen LogP contribution in [0.25, 0.3) is 11.2 Å². The smallest absolute Gasteiger partial charge is 0.386 e. The highest BCUT2D eigenvalue weighted by Crippen LogP contribution is 2.61. The van der Waals surface area contributed by atoms with Gasteiger partial charge in [0.05, 0.1) is 19.5 Å². The fourth-order valence-corrected chi connectivity index (χ4v) is 9.67. The number of nitrogen functional groups attached to an aromatic ring is 1. The summed E-state index contributed by atoms with van der Waals surface area (Å²) in [5.41, 5.74) is 4.28. The van der Waals surface area contributed by atoms with Crippen LogP contribution in [0.3, 0.4) is 0 Å². The molecule has 3 unspecified atom stereocenters. The number of anilines is 1. The predicted molar refractivity (Wildman–Crippen MR) is 239 cm³/mol. The van der Waals surface area contributed by atoms with Crippen molar-refractivity contribution in [2.75, 3.05) is 37.8 Å². The summed E-state index contributed by atoms with van der Waals surface area (Å²) in [6.07, 6.45) is 5.38. The Balaban J connectivity index is 0.0000137. The van der Waals surface area contributed by atoms with Crippen molar-refractivity contribution in [3.63, 3.8) is 0 Å². The van der Waals surface area contributed by atoms with Crippen LogP contribution in [0.1, 0.15) is 104 Å². The minimum Gasteiger partial charge on any atom is -0.386 e. The molecule has 0 aliphatic carbocycles. The van der Waals surface area contributed by atoms with Crippen molar-refractivity contribution in [2.45, 2.75) is 128 Å². The average Bonchev–Trinajstić information content (AvgIpc) is 3.75. The number of nitrogens with two attached hydrogens (primary N) is 1. The fourth-order valence-electron chi connectivity index (χ4n) is 6.12. The highest BCUT2D eigenvalue weighted by molar-refractivity contribution is 8.13. The van der Waals surface area contributed by atoms with Crippen LogP contribution in [0.4, 0.5) is 5.82 Å². The number of fused-ring (bicyclic) bond motifs is 1. The predicted octanol–water partition coefficient (Wildman–Crippen LogP) is 3.46. The van der Waals surface area contributed by atoms with Gasteiger partial charge in [-0.15, -0.1) is 0 Å². The van der Waals surface area contributed by atoms with E-state index in [4.69, 9.17) is 19.5 Å². The monoisotopic (exact) mass is 1010 g/mol. The van der Waals surface area contributed by atoms with E-state index in [1.54, 1.807) is 0 Å². The normalized spacial score (nSPS) is 19.8. The molecule has 19 N–H and O–H groups in total. The SMILES string of the molecule is CCCCCCCCCCCCC(=O)SCCNC(=O)CCNC(=O)[C@H](O)C(C)(C)COP(=O)(O)OP(=O)(O)OC[C@H]1O[C@@H](n2cnc3c(N)ncnc32)[C@@H](O)C1OP(=O)(O)O.N.N.N. The molecule has 27 nitrogen and oxygen atoms in total. The summed E-state index contributed by atoms with van der Waals surface area (Å²) >= 11 is 1.15. The number of amides is 2. The molecule has 1 aliphatic rings. The zero-order valence-corrected chi connectivity index (χ0v) is 40.5. The van der Waals surface area contributed by atoms with Crippen molar-refractivity contribution in [3.05, 3.63) is 12.7 Å². The van der Waals surface area contributed by atoms with Gasteiger partial charge in [-0.3, -0.25) is 32.5 Å². The van der Waals surface area contributed by atoms with Crippen molar-refractivity contribution in [1.82, 2.24) is 48.6 Å². The van der Waals surface area contributed by atoms with E-state index in [1.807, 2.05) is 0 Å². The van der Waals surface area contributed by atoms with Gasteiger partial charge in [-0.05, 0) is 6.42 Å². The lowest BCUT2D eigenvalue weighted by molar-refractivity contribution is -0.137. The molecular formula is C34H69N10O17P3S. The molecule has 65 heavy (non-hydrogen) atoms. The van der Waals surface area contributed by atoms with Crippen molar-refractivity contribution in [1.29, 1.82) is 0 Å². The van der Waals surface area contributed by atoms with Gasteiger partial charge < -0.3 is 69.3 Å².